The summed E-state index contributed by atoms with van der Waals surface area (Å²) in [6.07, 6.45) is 1.71. The van der Waals surface area contributed by atoms with Crippen LogP contribution in [0.4, 0.5) is 10.8 Å². The van der Waals surface area contributed by atoms with E-state index in [1.54, 1.807) is 17.6 Å². The Kier molecular flexibility index (Phi) is 4.11. The van der Waals surface area contributed by atoms with Gasteiger partial charge in [-0.05, 0) is 29.8 Å². The number of rotatable bonds is 4. The minimum Gasteiger partial charge on any atom is -0.326 e. The number of fused-ring (bicyclic) bond motifs is 1. The zero-order chi connectivity index (χ0) is 15.4. The van der Waals surface area contributed by atoms with Gasteiger partial charge < -0.3 is 5.32 Å². The summed E-state index contributed by atoms with van der Waals surface area (Å²) < 4.78 is 1.12. The molecule has 2 N–H and O–H groups in total. The number of benzene rings is 2. The largest absolute Gasteiger partial charge is 0.326 e. The maximum atomic E-state index is 10.9. The number of thiazole rings is 1. The first kappa shape index (κ1) is 14.2. The number of amides is 1. The second kappa shape index (κ2) is 6.36. The predicted octanol–water partition coefficient (Wildman–Crippen LogP) is 3.70. The summed E-state index contributed by atoms with van der Waals surface area (Å²) >= 11 is 1.56. The van der Waals surface area contributed by atoms with Crippen molar-refractivity contribution < 1.29 is 4.79 Å². The van der Waals surface area contributed by atoms with E-state index in [1.807, 2.05) is 48.5 Å². The molecule has 0 fully saturated rings. The van der Waals surface area contributed by atoms with Gasteiger partial charge in [0.15, 0.2) is 0 Å². The van der Waals surface area contributed by atoms with Crippen LogP contribution < -0.4 is 10.7 Å². The normalized spacial score (nSPS) is 11.0. The van der Waals surface area contributed by atoms with Crippen LogP contribution in [0.25, 0.3) is 10.2 Å². The van der Waals surface area contributed by atoms with E-state index in [4.69, 9.17) is 0 Å². The first-order valence-electron chi connectivity index (χ1n) is 6.73. The molecule has 1 heterocycles. The fourth-order valence-corrected chi connectivity index (χ4v) is 2.75. The molecule has 1 amide bonds. The van der Waals surface area contributed by atoms with Gasteiger partial charge in [-0.1, -0.05) is 35.6 Å². The second-order valence-electron chi connectivity index (χ2n) is 4.66. The Labute approximate surface area is 131 Å². The number of hydrazone groups is 1. The van der Waals surface area contributed by atoms with Gasteiger partial charge in [0.05, 0.1) is 16.4 Å². The van der Waals surface area contributed by atoms with Gasteiger partial charge in [0, 0.05) is 12.6 Å². The maximum Gasteiger partial charge on any atom is 0.221 e. The van der Waals surface area contributed by atoms with Gasteiger partial charge in [-0.2, -0.15) is 5.10 Å². The summed E-state index contributed by atoms with van der Waals surface area (Å²) in [5.41, 5.74) is 5.60. The van der Waals surface area contributed by atoms with Crippen LogP contribution in [-0.2, 0) is 4.79 Å². The van der Waals surface area contributed by atoms with Crippen LogP contribution in [0.15, 0.2) is 53.6 Å². The number of carbonyl (C=O) groups is 1. The van der Waals surface area contributed by atoms with Gasteiger partial charge in [-0.3, -0.25) is 10.2 Å². The Bertz CT molecular complexity index is 791. The van der Waals surface area contributed by atoms with E-state index in [0.29, 0.717) is 0 Å². The van der Waals surface area contributed by atoms with E-state index in [-0.39, 0.29) is 5.91 Å². The van der Waals surface area contributed by atoms with Crippen LogP contribution in [0.2, 0.25) is 0 Å². The highest BCUT2D eigenvalue weighted by molar-refractivity contribution is 7.22. The van der Waals surface area contributed by atoms with Crippen molar-refractivity contribution in [3.8, 4) is 0 Å². The van der Waals surface area contributed by atoms with E-state index < -0.39 is 0 Å². The molecule has 0 saturated carbocycles. The molecule has 0 spiro atoms. The lowest BCUT2D eigenvalue weighted by atomic mass is 10.2. The Balaban J connectivity index is 1.65. The van der Waals surface area contributed by atoms with E-state index in [1.165, 1.54) is 6.92 Å². The standard InChI is InChI=1S/C16H14N4OS/c1-11(21)18-13-8-6-12(7-9-13)10-17-20-16-19-14-4-2-3-5-15(14)22-16/h2-10H,1H3,(H,18,21)(H,19,20)/b17-10-. The zero-order valence-corrected chi connectivity index (χ0v) is 12.7. The molecule has 3 aromatic rings. The van der Waals surface area contributed by atoms with E-state index >= 15 is 0 Å². The van der Waals surface area contributed by atoms with E-state index in [2.05, 4.69) is 20.8 Å². The lowest BCUT2D eigenvalue weighted by molar-refractivity contribution is -0.114. The van der Waals surface area contributed by atoms with Crippen LogP contribution in [0.1, 0.15) is 12.5 Å². The fraction of sp³-hybridized carbons (Fsp3) is 0.0625. The smallest absolute Gasteiger partial charge is 0.221 e. The number of carbonyl (C=O) groups excluding carboxylic acids is 1. The average Bonchev–Trinajstić information content (AvgIpc) is 2.91. The molecular formula is C16H14N4OS. The monoisotopic (exact) mass is 310 g/mol. The molecule has 0 aliphatic rings. The molecule has 5 nitrogen and oxygen atoms in total. The number of hydrogen-bond acceptors (Lipinski definition) is 5. The zero-order valence-electron chi connectivity index (χ0n) is 11.9. The second-order valence-corrected chi connectivity index (χ2v) is 5.69. The van der Waals surface area contributed by atoms with Crippen LogP contribution in [0.3, 0.4) is 0 Å². The van der Waals surface area contributed by atoms with Gasteiger partial charge in [-0.25, -0.2) is 4.98 Å². The summed E-state index contributed by atoms with van der Waals surface area (Å²) in [6.45, 7) is 1.48. The van der Waals surface area contributed by atoms with Gasteiger partial charge >= 0.3 is 0 Å². The van der Waals surface area contributed by atoms with Crippen molar-refractivity contribution in [1.29, 1.82) is 0 Å². The number of para-hydroxylation sites is 1. The molecule has 0 bridgehead atoms. The first-order chi connectivity index (χ1) is 10.7. The molecule has 0 aliphatic carbocycles. The third-order valence-corrected chi connectivity index (χ3v) is 3.84. The van der Waals surface area contributed by atoms with Crippen molar-refractivity contribution in [1.82, 2.24) is 4.98 Å². The van der Waals surface area contributed by atoms with Gasteiger partial charge in [0.2, 0.25) is 11.0 Å². The van der Waals surface area contributed by atoms with Crippen molar-refractivity contribution in [2.75, 3.05) is 10.7 Å². The van der Waals surface area contributed by atoms with Gasteiger partial charge in [0.1, 0.15) is 0 Å². The molecule has 0 radical (unpaired) electrons. The van der Waals surface area contributed by atoms with E-state index in [9.17, 15) is 4.79 Å². The molecule has 0 atom stereocenters. The van der Waals surface area contributed by atoms with Crippen LogP contribution in [0, 0.1) is 0 Å². The highest BCUT2D eigenvalue weighted by Crippen LogP contribution is 2.25. The topological polar surface area (TPSA) is 66.4 Å². The Morgan fingerprint density at radius 1 is 1.18 bits per heavy atom. The number of hydrogen-bond donors (Lipinski definition) is 2. The molecule has 110 valence electrons. The van der Waals surface area contributed by atoms with Crippen molar-refractivity contribution in [2.45, 2.75) is 6.92 Å². The average molecular weight is 310 g/mol. The summed E-state index contributed by atoms with van der Waals surface area (Å²) in [7, 11) is 0. The fourth-order valence-electron chi connectivity index (χ4n) is 1.94. The van der Waals surface area contributed by atoms with Crippen molar-refractivity contribution >= 4 is 44.5 Å². The van der Waals surface area contributed by atoms with E-state index in [0.717, 1.165) is 26.6 Å². The van der Waals surface area contributed by atoms with Crippen molar-refractivity contribution in [3.63, 3.8) is 0 Å². The minimum atomic E-state index is -0.0843. The third-order valence-electron chi connectivity index (χ3n) is 2.90. The Morgan fingerprint density at radius 2 is 1.95 bits per heavy atom. The molecule has 6 heteroatoms. The van der Waals surface area contributed by atoms with Crippen molar-refractivity contribution in [2.24, 2.45) is 5.10 Å². The number of anilines is 2. The highest BCUT2D eigenvalue weighted by atomic mass is 32.1. The quantitative estimate of drug-likeness (QED) is 0.570. The minimum absolute atomic E-state index is 0.0843. The van der Waals surface area contributed by atoms with Gasteiger partial charge in [-0.15, -0.1) is 0 Å². The molecule has 0 saturated heterocycles. The molecule has 3 rings (SSSR count). The summed E-state index contributed by atoms with van der Waals surface area (Å²) in [6, 6.07) is 15.4. The molecule has 0 aliphatic heterocycles. The van der Waals surface area contributed by atoms with Crippen LogP contribution in [-0.4, -0.2) is 17.1 Å². The summed E-state index contributed by atoms with van der Waals surface area (Å²) in [4.78, 5) is 15.4. The molecule has 1 aromatic heterocycles. The lowest BCUT2D eigenvalue weighted by Gasteiger charge is -2.01. The predicted molar refractivity (Wildman–Crippen MR) is 91.6 cm³/mol. The summed E-state index contributed by atoms with van der Waals surface area (Å²) in [5, 5.41) is 7.66. The molecule has 22 heavy (non-hydrogen) atoms. The third kappa shape index (κ3) is 3.48. The summed E-state index contributed by atoms with van der Waals surface area (Å²) in [5.74, 6) is -0.0843. The van der Waals surface area contributed by atoms with Gasteiger partial charge in [0.25, 0.3) is 0 Å². The number of aromatic nitrogens is 1. The first-order valence-corrected chi connectivity index (χ1v) is 7.55. The lowest BCUT2D eigenvalue weighted by Crippen LogP contribution is -2.05. The highest BCUT2D eigenvalue weighted by Gasteiger charge is 2.00. The maximum absolute atomic E-state index is 10.9. The number of nitrogens with zero attached hydrogens (tertiary/aromatic N) is 2. The molecule has 0 unspecified atom stereocenters. The van der Waals surface area contributed by atoms with Crippen LogP contribution >= 0.6 is 11.3 Å². The number of nitrogens with one attached hydrogen (secondary N) is 2. The van der Waals surface area contributed by atoms with Crippen molar-refractivity contribution in [3.05, 3.63) is 54.1 Å². The van der Waals surface area contributed by atoms with Crippen LogP contribution in [0.5, 0.6) is 0 Å². The Morgan fingerprint density at radius 3 is 2.68 bits per heavy atom. The molecule has 2 aromatic carbocycles. The molecular weight excluding hydrogens is 296 g/mol. The Hall–Kier alpha value is -2.73. The SMILES string of the molecule is CC(=O)Nc1ccc(/C=N\Nc2nc3ccccc3s2)cc1.